The van der Waals surface area contributed by atoms with Crippen molar-refractivity contribution in [3.05, 3.63) is 34.9 Å². The van der Waals surface area contributed by atoms with Crippen LogP contribution >= 0.6 is 0 Å². The zero-order valence-electron chi connectivity index (χ0n) is 14.2. The number of benzene rings is 1. The van der Waals surface area contributed by atoms with Gasteiger partial charge in [-0.1, -0.05) is 12.1 Å². The van der Waals surface area contributed by atoms with Gasteiger partial charge in [-0.05, 0) is 50.3 Å². The Morgan fingerprint density at radius 2 is 2.21 bits per heavy atom. The molecule has 0 saturated carbocycles. The highest BCUT2D eigenvalue weighted by Gasteiger charge is 2.48. The molecule has 0 bridgehead atoms. The molecule has 4 rings (SSSR count). The molecule has 1 spiro atoms. The fourth-order valence-corrected chi connectivity index (χ4v) is 4.45. The number of nitriles is 1. The summed E-state index contributed by atoms with van der Waals surface area (Å²) in [6.45, 7) is 5.46. The number of carbonyl (C=O) groups is 1. The van der Waals surface area contributed by atoms with E-state index >= 15 is 0 Å². The number of hydrogen-bond donors (Lipinski definition) is 0. The Bertz CT molecular complexity index is 737. The van der Waals surface area contributed by atoms with E-state index in [0.717, 1.165) is 31.4 Å². The molecular weight excluding hydrogens is 304 g/mol. The van der Waals surface area contributed by atoms with Crippen molar-refractivity contribution in [1.82, 2.24) is 4.90 Å². The molecule has 1 unspecified atom stereocenters. The van der Waals surface area contributed by atoms with Crippen LogP contribution in [0.1, 0.15) is 43.4 Å². The molecule has 2 atom stereocenters. The zero-order valence-corrected chi connectivity index (χ0v) is 14.2. The third-order valence-corrected chi connectivity index (χ3v) is 5.67. The van der Waals surface area contributed by atoms with Crippen molar-refractivity contribution in [2.45, 2.75) is 50.4 Å². The predicted molar refractivity (Wildman–Crippen MR) is 87.3 cm³/mol. The van der Waals surface area contributed by atoms with Crippen molar-refractivity contribution < 1.29 is 14.3 Å². The fourth-order valence-electron chi connectivity index (χ4n) is 4.45. The number of hydrogen-bond acceptors (Lipinski definition) is 4. The first kappa shape index (κ1) is 15.6. The second-order valence-corrected chi connectivity index (χ2v) is 7.55. The molecule has 0 aromatic heterocycles. The molecule has 126 valence electrons. The summed E-state index contributed by atoms with van der Waals surface area (Å²) in [6, 6.07) is 8.29. The van der Waals surface area contributed by atoms with Gasteiger partial charge >= 0.3 is 0 Å². The first-order valence-electron chi connectivity index (χ1n) is 8.57. The topological polar surface area (TPSA) is 62.6 Å². The second kappa shape index (κ2) is 5.30. The maximum atomic E-state index is 12.8. The molecule has 0 radical (unpaired) electrons. The Labute approximate surface area is 142 Å². The van der Waals surface area contributed by atoms with Crippen LogP contribution in [0.3, 0.4) is 0 Å². The minimum Gasteiger partial charge on any atom is -0.347 e. The molecular formula is C19H22N2O3. The van der Waals surface area contributed by atoms with Gasteiger partial charge in [-0.15, -0.1) is 0 Å². The van der Waals surface area contributed by atoms with E-state index in [1.807, 2.05) is 30.9 Å². The Morgan fingerprint density at radius 1 is 1.38 bits per heavy atom. The summed E-state index contributed by atoms with van der Waals surface area (Å²) < 4.78 is 11.3. The van der Waals surface area contributed by atoms with Gasteiger partial charge in [-0.25, -0.2) is 0 Å². The number of amides is 1. The number of nitrogens with zero attached hydrogens (tertiary/aromatic N) is 2. The molecule has 5 heteroatoms. The minimum absolute atomic E-state index is 0.00678. The fraction of sp³-hybridized carbons (Fsp3) is 0.579. The minimum atomic E-state index is -0.681. The summed E-state index contributed by atoms with van der Waals surface area (Å²) in [4.78, 5) is 14.7. The normalized spacial score (nSPS) is 30.5. The van der Waals surface area contributed by atoms with Crippen LogP contribution in [0.15, 0.2) is 18.2 Å². The number of carbonyl (C=O) groups excluding carboxylic acids is 1. The van der Waals surface area contributed by atoms with E-state index in [1.54, 1.807) is 0 Å². The van der Waals surface area contributed by atoms with E-state index in [1.165, 1.54) is 11.1 Å². The van der Waals surface area contributed by atoms with Gasteiger partial charge < -0.3 is 14.4 Å². The van der Waals surface area contributed by atoms with Gasteiger partial charge in [0.1, 0.15) is 0 Å². The highest BCUT2D eigenvalue weighted by atomic mass is 16.7. The van der Waals surface area contributed by atoms with E-state index < -0.39 is 11.9 Å². The first-order chi connectivity index (χ1) is 11.4. The van der Waals surface area contributed by atoms with Crippen LogP contribution in [0.4, 0.5) is 0 Å². The van der Waals surface area contributed by atoms with Gasteiger partial charge in [0.2, 0.25) is 0 Å². The molecule has 0 N–H and O–H groups in total. The first-order valence-corrected chi connectivity index (χ1v) is 8.57. The summed E-state index contributed by atoms with van der Waals surface area (Å²) in [5.74, 6) is -0.651. The average molecular weight is 326 g/mol. The van der Waals surface area contributed by atoms with Crippen LogP contribution in [-0.2, 0) is 26.1 Å². The lowest BCUT2D eigenvalue weighted by Crippen LogP contribution is -2.41. The molecule has 5 nitrogen and oxygen atoms in total. The standard InChI is InChI=1S/C19H22N2O3/c1-18(2)23-11-16(24-18)17(22)21-9-8-19(12-21)7-6-14-13(10-20)4-3-5-15(14)19/h3-5,16H,6-9,11-12H2,1-2H3/t16-,19?/m0/s1. The van der Waals surface area contributed by atoms with Crippen molar-refractivity contribution in [2.75, 3.05) is 19.7 Å². The van der Waals surface area contributed by atoms with Crippen LogP contribution in [0.5, 0.6) is 0 Å². The van der Waals surface area contributed by atoms with Gasteiger partial charge in [-0.3, -0.25) is 4.79 Å². The van der Waals surface area contributed by atoms with Gasteiger partial charge in [0, 0.05) is 18.5 Å². The molecule has 2 fully saturated rings. The molecule has 2 heterocycles. The van der Waals surface area contributed by atoms with E-state index in [2.05, 4.69) is 12.1 Å². The Hall–Kier alpha value is -1.90. The zero-order chi connectivity index (χ0) is 16.9. The third kappa shape index (κ3) is 2.33. The van der Waals surface area contributed by atoms with Crippen LogP contribution in [0.2, 0.25) is 0 Å². The van der Waals surface area contributed by atoms with Gasteiger partial charge in [0.15, 0.2) is 11.9 Å². The summed E-state index contributed by atoms with van der Waals surface area (Å²) in [5.41, 5.74) is 3.23. The molecule has 1 amide bonds. The largest absolute Gasteiger partial charge is 0.347 e. The second-order valence-electron chi connectivity index (χ2n) is 7.55. The average Bonchev–Trinajstić information content (AvgIpc) is 3.26. The highest BCUT2D eigenvalue weighted by Crippen LogP contribution is 2.46. The SMILES string of the molecule is CC1(C)OC[C@@H](C(=O)N2CCC3(CCc4c(C#N)cccc43)C2)O1. The summed E-state index contributed by atoms with van der Waals surface area (Å²) in [6.07, 6.45) is 2.40. The molecule has 1 aromatic carbocycles. The van der Waals surface area contributed by atoms with E-state index in [0.29, 0.717) is 13.2 Å². The molecule has 2 aliphatic heterocycles. The van der Waals surface area contributed by atoms with E-state index in [-0.39, 0.29) is 11.3 Å². The molecule has 3 aliphatic rings. The van der Waals surface area contributed by atoms with Crippen LogP contribution in [-0.4, -0.2) is 42.4 Å². The van der Waals surface area contributed by atoms with Gasteiger partial charge in [0.25, 0.3) is 5.91 Å². The third-order valence-electron chi connectivity index (χ3n) is 5.67. The summed E-state index contributed by atoms with van der Waals surface area (Å²) in [7, 11) is 0. The lowest BCUT2D eigenvalue weighted by Gasteiger charge is -2.26. The Kier molecular flexibility index (Phi) is 3.45. The number of likely N-dealkylation sites (tertiary alicyclic amines) is 1. The molecule has 2 saturated heterocycles. The Balaban J connectivity index is 1.54. The van der Waals surface area contributed by atoms with Gasteiger partial charge in [0.05, 0.1) is 18.2 Å². The number of ether oxygens (including phenoxy) is 2. The van der Waals surface area contributed by atoms with Crippen molar-refractivity contribution in [3.63, 3.8) is 0 Å². The molecule has 1 aliphatic carbocycles. The lowest BCUT2D eigenvalue weighted by atomic mass is 9.81. The van der Waals surface area contributed by atoms with Crippen molar-refractivity contribution in [2.24, 2.45) is 0 Å². The van der Waals surface area contributed by atoms with Crippen LogP contribution < -0.4 is 0 Å². The summed E-state index contributed by atoms with van der Waals surface area (Å²) in [5, 5.41) is 9.32. The lowest BCUT2D eigenvalue weighted by molar-refractivity contribution is -0.159. The monoisotopic (exact) mass is 326 g/mol. The van der Waals surface area contributed by atoms with Crippen molar-refractivity contribution in [3.8, 4) is 6.07 Å². The quantitative estimate of drug-likeness (QED) is 0.793. The van der Waals surface area contributed by atoms with Crippen LogP contribution in [0, 0.1) is 11.3 Å². The maximum Gasteiger partial charge on any atom is 0.254 e. The van der Waals surface area contributed by atoms with Crippen molar-refractivity contribution >= 4 is 5.91 Å². The molecule has 1 aromatic rings. The number of rotatable bonds is 1. The molecule has 24 heavy (non-hydrogen) atoms. The smallest absolute Gasteiger partial charge is 0.254 e. The van der Waals surface area contributed by atoms with Crippen molar-refractivity contribution in [1.29, 1.82) is 5.26 Å². The predicted octanol–water partition coefficient (Wildman–Crippen LogP) is 2.13. The Morgan fingerprint density at radius 3 is 2.92 bits per heavy atom. The maximum absolute atomic E-state index is 12.8. The van der Waals surface area contributed by atoms with E-state index in [4.69, 9.17) is 9.47 Å². The highest BCUT2D eigenvalue weighted by molar-refractivity contribution is 5.82. The number of fused-ring (bicyclic) bond motifs is 2. The van der Waals surface area contributed by atoms with Crippen LogP contribution in [0.25, 0.3) is 0 Å². The van der Waals surface area contributed by atoms with E-state index in [9.17, 15) is 10.1 Å². The summed E-state index contributed by atoms with van der Waals surface area (Å²) >= 11 is 0. The van der Waals surface area contributed by atoms with Gasteiger partial charge in [-0.2, -0.15) is 5.26 Å².